The minimum atomic E-state index is -2.73. The van der Waals surface area contributed by atoms with E-state index >= 15 is 0 Å². The van der Waals surface area contributed by atoms with Crippen molar-refractivity contribution in [3.05, 3.63) is 34.9 Å². The maximum Gasteiger partial charge on any atom is 0.267 e. The molecule has 2 aliphatic rings. The van der Waals surface area contributed by atoms with Crippen molar-refractivity contribution in [2.75, 3.05) is 18.0 Å². The van der Waals surface area contributed by atoms with Gasteiger partial charge in [0.25, 0.3) is 6.43 Å². The fourth-order valence-electron chi connectivity index (χ4n) is 4.81. The number of fused-ring (bicyclic) bond motifs is 1. The summed E-state index contributed by atoms with van der Waals surface area (Å²) in [5, 5.41) is 22.2. The molecule has 1 aromatic carbocycles. The van der Waals surface area contributed by atoms with Crippen molar-refractivity contribution in [2.24, 2.45) is 5.92 Å². The normalized spacial score (nSPS) is 23.7. The first-order chi connectivity index (χ1) is 14.3. The summed E-state index contributed by atoms with van der Waals surface area (Å²) in [6.07, 6.45) is -1.31. The van der Waals surface area contributed by atoms with Crippen molar-refractivity contribution >= 4 is 11.6 Å². The number of piperidine rings is 1. The molecule has 160 valence electrons. The molecule has 2 N–H and O–H groups in total. The molecule has 4 rings (SSSR count). The van der Waals surface area contributed by atoms with Gasteiger partial charge in [-0.3, -0.25) is 4.79 Å². The number of nitrogens with zero attached hydrogens (tertiary/aromatic N) is 3. The van der Waals surface area contributed by atoms with E-state index in [1.54, 1.807) is 19.9 Å². The lowest BCUT2D eigenvalue weighted by molar-refractivity contribution is -0.121. The van der Waals surface area contributed by atoms with Crippen LogP contribution in [0.1, 0.15) is 42.9 Å². The number of rotatable bonds is 4. The highest BCUT2D eigenvalue weighted by atomic mass is 19.3. The maximum absolute atomic E-state index is 14.0. The average Bonchev–Trinajstić information content (AvgIpc) is 3.10. The fourth-order valence-corrected chi connectivity index (χ4v) is 4.81. The molecule has 2 saturated heterocycles. The molecular weight excluding hydrogens is 390 g/mol. The predicted octanol–water partition coefficient (Wildman–Crippen LogP) is 3.55. The number of ketones is 1. The number of carbonyl (C=O) groups excluding carboxylic acids is 1. The van der Waals surface area contributed by atoms with E-state index in [9.17, 15) is 18.7 Å². The molecule has 2 aromatic rings. The van der Waals surface area contributed by atoms with Crippen LogP contribution >= 0.6 is 0 Å². The summed E-state index contributed by atoms with van der Waals surface area (Å²) in [7, 11) is 0. The first-order valence-corrected chi connectivity index (χ1v) is 10.2. The van der Waals surface area contributed by atoms with E-state index in [4.69, 9.17) is 0 Å². The molecule has 0 saturated carbocycles. The molecule has 1 unspecified atom stereocenters. The minimum Gasteiger partial charge on any atom is -0.507 e. The molecule has 0 spiro atoms. The number of Topliss-reactive ketones (excluding diaryl/α,β-unsaturated/α-hetero) is 1. The monoisotopic (exact) mass is 416 g/mol. The molecule has 30 heavy (non-hydrogen) atoms. The number of aromatic hydroxyl groups is 1. The van der Waals surface area contributed by atoms with Crippen LogP contribution in [0.3, 0.4) is 0 Å². The van der Waals surface area contributed by atoms with Crippen molar-refractivity contribution in [1.29, 1.82) is 0 Å². The Labute approximate surface area is 174 Å². The van der Waals surface area contributed by atoms with Gasteiger partial charge in [-0.05, 0) is 56.9 Å². The smallest absolute Gasteiger partial charge is 0.267 e. The Kier molecular flexibility index (Phi) is 5.44. The number of halogens is 2. The summed E-state index contributed by atoms with van der Waals surface area (Å²) in [4.78, 5) is 13.7. The minimum absolute atomic E-state index is 0.00298. The van der Waals surface area contributed by atoms with Crippen molar-refractivity contribution < 1.29 is 18.7 Å². The van der Waals surface area contributed by atoms with E-state index in [1.165, 1.54) is 6.07 Å². The number of phenols is 1. The second kappa shape index (κ2) is 7.91. The van der Waals surface area contributed by atoms with Crippen LogP contribution in [0.4, 0.5) is 14.6 Å². The van der Waals surface area contributed by atoms with E-state index in [1.807, 2.05) is 17.9 Å². The third-order valence-corrected chi connectivity index (χ3v) is 6.30. The van der Waals surface area contributed by atoms with Crippen LogP contribution < -0.4 is 10.2 Å². The van der Waals surface area contributed by atoms with E-state index in [0.29, 0.717) is 25.1 Å². The second-order valence-corrected chi connectivity index (χ2v) is 8.39. The van der Waals surface area contributed by atoms with Gasteiger partial charge in [-0.2, -0.15) is 0 Å². The zero-order valence-electron chi connectivity index (χ0n) is 17.3. The van der Waals surface area contributed by atoms with Crippen LogP contribution in [0.15, 0.2) is 18.2 Å². The lowest BCUT2D eigenvalue weighted by atomic mass is 9.88. The van der Waals surface area contributed by atoms with Gasteiger partial charge in [0.2, 0.25) is 0 Å². The number of aromatic nitrogens is 2. The fraction of sp³-hybridized carbons (Fsp3) is 0.500. The molecular formula is C22H26F2N4O2. The lowest BCUT2D eigenvalue weighted by Gasteiger charge is -2.36. The number of alkyl halides is 2. The molecule has 0 bridgehead atoms. The first-order valence-electron chi connectivity index (χ1n) is 10.2. The lowest BCUT2D eigenvalue weighted by Crippen LogP contribution is -2.52. The maximum atomic E-state index is 14.0. The van der Waals surface area contributed by atoms with Gasteiger partial charge in [0.05, 0.1) is 11.3 Å². The number of hydrogen-bond acceptors (Lipinski definition) is 6. The molecule has 2 aliphatic heterocycles. The molecule has 3 atom stereocenters. The molecule has 3 heterocycles. The Morgan fingerprint density at radius 3 is 2.70 bits per heavy atom. The molecule has 2 fully saturated rings. The Hall–Kier alpha value is -2.61. The van der Waals surface area contributed by atoms with Gasteiger partial charge >= 0.3 is 0 Å². The van der Waals surface area contributed by atoms with Crippen molar-refractivity contribution in [3.63, 3.8) is 0 Å². The van der Waals surface area contributed by atoms with Gasteiger partial charge in [0, 0.05) is 36.7 Å². The SMILES string of the molecule is CC(=O)C1CN[C@H]2CCN(c3nnc(-c4c(C)cc(C)cc4O)cc3C(F)F)[C@H]2C1. The number of benzene rings is 1. The Morgan fingerprint density at radius 2 is 2.03 bits per heavy atom. The first kappa shape index (κ1) is 20.7. The standard InChI is InChI=1S/C22H26F2N4O2/c1-11-6-12(2)20(19(30)7-11)17-9-15(21(23)24)22(27-26-17)28-5-4-16-18(28)8-14(10-25-16)13(3)29/h6-7,9,14,16,18,21,25,30H,4-5,8,10H2,1-3H3/t14?,16-,18-/m0/s1. The topological polar surface area (TPSA) is 78.4 Å². The summed E-state index contributed by atoms with van der Waals surface area (Å²) in [6, 6.07) is 4.86. The summed E-state index contributed by atoms with van der Waals surface area (Å²) in [6.45, 7) is 6.44. The van der Waals surface area contributed by atoms with Crippen LogP contribution in [0.25, 0.3) is 11.3 Å². The van der Waals surface area contributed by atoms with Gasteiger partial charge < -0.3 is 15.3 Å². The quantitative estimate of drug-likeness (QED) is 0.794. The van der Waals surface area contributed by atoms with Gasteiger partial charge in [-0.15, -0.1) is 10.2 Å². The van der Waals surface area contributed by atoms with E-state index in [2.05, 4.69) is 15.5 Å². The highest BCUT2D eigenvalue weighted by Crippen LogP contribution is 2.39. The molecule has 8 heteroatoms. The number of carbonyl (C=O) groups is 1. The molecule has 6 nitrogen and oxygen atoms in total. The number of hydrogen-bond donors (Lipinski definition) is 2. The van der Waals surface area contributed by atoms with E-state index < -0.39 is 6.43 Å². The van der Waals surface area contributed by atoms with Crippen LogP contribution in [-0.4, -0.2) is 46.3 Å². The Bertz CT molecular complexity index is 959. The summed E-state index contributed by atoms with van der Waals surface area (Å²) < 4.78 is 28.1. The van der Waals surface area contributed by atoms with Crippen molar-refractivity contribution in [1.82, 2.24) is 15.5 Å². The third-order valence-electron chi connectivity index (χ3n) is 6.30. The molecule has 0 radical (unpaired) electrons. The summed E-state index contributed by atoms with van der Waals surface area (Å²) in [5.74, 6) is 0.142. The number of aryl methyl sites for hydroxylation is 2. The molecule has 1 aromatic heterocycles. The van der Waals surface area contributed by atoms with Crippen molar-refractivity contribution in [3.8, 4) is 17.0 Å². The summed E-state index contributed by atoms with van der Waals surface area (Å²) in [5.41, 5.74) is 2.06. The van der Waals surface area contributed by atoms with Gasteiger partial charge in [0.15, 0.2) is 5.82 Å². The third kappa shape index (κ3) is 3.64. The zero-order valence-corrected chi connectivity index (χ0v) is 17.3. The van der Waals surface area contributed by atoms with Gasteiger partial charge in [-0.1, -0.05) is 6.07 Å². The van der Waals surface area contributed by atoms with E-state index in [-0.39, 0.29) is 46.6 Å². The van der Waals surface area contributed by atoms with Gasteiger partial charge in [0.1, 0.15) is 11.5 Å². The van der Waals surface area contributed by atoms with Crippen LogP contribution in [-0.2, 0) is 4.79 Å². The summed E-state index contributed by atoms with van der Waals surface area (Å²) >= 11 is 0. The van der Waals surface area contributed by atoms with Crippen LogP contribution in [0, 0.1) is 19.8 Å². The van der Waals surface area contributed by atoms with Gasteiger partial charge in [-0.25, -0.2) is 8.78 Å². The average molecular weight is 416 g/mol. The molecule has 0 aliphatic carbocycles. The highest BCUT2D eigenvalue weighted by molar-refractivity contribution is 5.79. The highest BCUT2D eigenvalue weighted by Gasteiger charge is 2.42. The Morgan fingerprint density at radius 1 is 1.27 bits per heavy atom. The second-order valence-electron chi connectivity index (χ2n) is 8.39. The predicted molar refractivity (Wildman–Crippen MR) is 110 cm³/mol. The number of nitrogens with one attached hydrogen (secondary N) is 1. The molecule has 0 amide bonds. The van der Waals surface area contributed by atoms with Crippen LogP contribution in [0.2, 0.25) is 0 Å². The zero-order chi connectivity index (χ0) is 21.6. The van der Waals surface area contributed by atoms with Crippen LogP contribution in [0.5, 0.6) is 5.75 Å². The van der Waals surface area contributed by atoms with Crippen molar-refractivity contribution in [2.45, 2.75) is 52.1 Å². The Balaban J connectivity index is 1.72. The number of phenolic OH excluding ortho intramolecular Hbond substituents is 1. The largest absolute Gasteiger partial charge is 0.507 e. The van der Waals surface area contributed by atoms with E-state index in [0.717, 1.165) is 17.5 Å². The number of anilines is 1.